The molecule has 1 aromatic rings. The first-order chi connectivity index (χ1) is 11.5. The van der Waals surface area contributed by atoms with Crippen LogP contribution in [0.3, 0.4) is 0 Å². The van der Waals surface area contributed by atoms with E-state index < -0.39 is 5.92 Å². The van der Waals surface area contributed by atoms with Crippen LogP contribution in [-0.2, 0) is 14.3 Å². The van der Waals surface area contributed by atoms with E-state index in [9.17, 15) is 9.59 Å². The van der Waals surface area contributed by atoms with Crippen molar-refractivity contribution in [1.29, 1.82) is 0 Å². The highest BCUT2D eigenvalue weighted by Gasteiger charge is 2.43. The smallest absolute Gasteiger partial charge is 0.316 e. The lowest BCUT2D eigenvalue weighted by Gasteiger charge is -2.38. The Morgan fingerprint density at radius 3 is 2.71 bits per heavy atom. The average molecular weight is 326 g/mol. The molecule has 1 aliphatic carbocycles. The summed E-state index contributed by atoms with van der Waals surface area (Å²) in [5, 5.41) is 3.20. The third-order valence-corrected chi connectivity index (χ3v) is 4.46. The molecule has 5 heteroatoms. The number of carbonyl (C=O) groups is 2. The van der Waals surface area contributed by atoms with Gasteiger partial charge in [-0.25, -0.2) is 0 Å². The maximum absolute atomic E-state index is 12.7. The molecular formula is C19H22N2O3. The van der Waals surface area contributed by atoms with Crippen LogP contribution in [0.5, 0.6) is 0 Å². The third kappa shape index (κ3) is 2.98. The molecule has 2 heterocycles. The fourth-order valence-corrected chi connectivity index (χ4v) is 3.51. The summed E-state index contributed by atoms with van der Waals surface area (Å²) in [5.41, 5.74) is 3.08. The first-order valence-corrected chi connectivity index (χ1v) is 8.31. The van der Waals surface area contributed by atoms with Gasteiger partial charge in [0.15, 0.2) is 5.78 Å². The molecule has 0 saturated heterocycles. The van der Waals surface area contributed by atoms with E-state index in [1.165, 1.54) is 0 Å². The van der Waals surface area contributed by atoms with Crippen molar-refractivity contribution in [1.82, 2.24) is 10.3 Å². The molecule has 1 N–H and O–H groups in total. The number of ether oxygens (including phenoxy) is 1. The van der Waals surface area contributed by atoms with Gasteiger partial charge < -0.3 is 10.1 Å². The number of ketones is 1. The number of rotatable bonds is 3. The molecule has 2 unspecified atom stereocenters. The summed E-state index contributed by atoms with van der Waals surface area (Å²) in [7, 11) is 0. The fraction of sp³-hybridized carbons (Fsp3) is 0.421. The van der Waals surface area contributed by atoms with E-state index in [2.05, 4.69) is 16.9 Å². The van der Waals surface area contributed by atoms with Crippen molar-refractivity contribution in [3.63, 3.8) is 0 Å². The van der Waals surface area contributed by atoms with Crippen molar-refractivity contribution in [2.24, 2.45) is 5.92 Å². The molecule has 0 saturated carbocycles. The van der Waals surface area contributed by atoms with Crippen molar-refractivity contribution >= 4 is 11.8 Å². The molecule has 0 bridgehead atoms. The maximum atomic E-state index is 12.7. The van der Waals surface area contributed by atoms with Crippen LogP contribution in [0.25, 0.3) is 0 Å². The van der Waals surface area contributed by atoms with Gasteiger partial charge in [0.05, 0.1) is 6.10 Å². The second-order valence-electron chi connectivity index (χ2n) is 6.54. The van der Waals surface area contributed by atoms with Gasteiger partial charge in [0.25, 0.3) is 0 Å². The zero-order chi connectivity index (χ0) is 17.3. The van der Waals surface area contributed by atoms with Gasteiger partial charge in [-0.3, -0.25) is 14.6 Å². The Morgan fingerprint density at radius 1 is 1.33 bits per heavy atom. The molecule has 1 aromatic heterocycles. The summed E-state index contributed by atoms with van der Waals surface area (Å²) >= 11 is 0. The second-order valence-corrected chi connectivity index (χ2v) is 6.54. The first-order valence-electron chi connectivity index (χ1n) is 8.31. The molecule has 0 radical (unpaired) electrons. The zero-order valence-electron chi connectivity index (χ0n) is 14.0. The van der Waals surface area contributed by atoms with E-state index in [0.29, 0.717) is 17.7 Å². The Hall–Kier alpha value is -2.43. The van der Waals surface area contributed by atoms with Gasteiger partial charge in [0, 0.05) is 41.7 Å². The summed E-state index contributed by atoms with van der Waals surface area (Å²) in [5.74, 6) is -1.24. The van der Waals surface area contributed by atoms with Crippen molar-refractivity contribution in [3.8, 4) is 0 Å². The molecule has 2 aliphatic rings. The van der Waals surface area contributed by atoms with E-state index >= 15 is 0 Å². The summed E-state index contributed by atoms with van der Waals surface area (Å²) in [6.07, 6.45) is 5.27. The Bertz CT molecular complexity index is 707. The third-order valence-electron chi connectivity index (χ3n) is 4.46. The number of allylic oxidation sites excluding steroid dienone is 2. The summed E-state index contributed by atoms with van der Waals surface area (Å²) in [4.78, 5) is 29.4. The predicted molar refractivity (Wildman–Crippen MR) is 89.9 cm³/mol. The summed E-state index contributed by atoms with van der Waals surface area (Å²) in [6.45, 7) is 7.67. The molecule has 0 spiro atoms. The molecule has 126 valence electrons. The number of hydrogen-bond acceptors (Lipinski definition) is 5. The highest BCUT2D eigenvalue weighted by atomic mass is 16.5. The van der Waals surface area contributed by atoms with Crippen LogP contribution in [0, 0.1) is 5.92 Å². The predicted octanol–water partition coefficient (Wildman–Crippen LogP) is 2.86. The van der Waals surface area contributed by atoms with Gasteiger partial charge in [0.1, 0.15) is 5.92 Å². The minimum atomic E-state index is -0.615. The van der Waals surface area contributed by atoms with Crippen LogP contribution in [-0.4, -0.2) is 22.8 Å². The standard InChI is InChI=1S/C19H22N2O3/c1-11(2)24-19(23)16-12(3)21-14-5-4-6-15(22)18(14)17(16)13-7-9-20-10-8-13/h7-11,16-17,21H,3-6H2,1-2H3. The average Bonchev–Trinajstić information content (AvgIpc) is 2.53. The number of esters is 1. The van der Waals surface area contributed by atoms with E-state index in [0.717, 1.165) is 24.1 Å². The van der Waals surface area contributed by atoms with Crippen LogP contribution < -0.4 is 5.32 Å². The Labute approximate surface area is 141 Å². The first kappa shape index (κ1) is 16.4. The van der Waals surface area contributed by atoms with E-state index in [4.69, 9.17) is 4.74 Å². The van der Waals surface area contributed by atoms with Crippen LogP contribution >= 0.6 is 0 Å². The van der Waals surface area contributed by atoms with Crippen molar-refractivity contribution in [2.45, 2.75) is 45.1 Å². The summed E-state index contributed by atoms with van der Waals surface area (Å²) < 4.78 is 5.44. The van der Waals surface area contributed by atoms with E-state index in [1.807, 2.05) is 26.0 Å². The largest absolute Gasteiger partial charge is 0.462 e. The lowest BCUT2D eigenvalue weighted by Crippen LogP contribution is -2.41. The summed E-state index contributed by atoms with van der Waals surface area (Å²) in [6, 6.07) is 3.71. The number of nitrogens with zero attached hydrogens (tertiary/aromatic N) is 1. The highest BCUT2D eigenvalue weighted by molar-refractivity contribution is 6.00. The van der Waals surface area contributed by atoms with Crippen LogP contribution in [0.2, 0.25) is 0 Å². The molecule has 2 atom stereocenters. The van der Waals surface area contributed by atoms with Crippen LogP contribution in [0.1, 0.15) is 44.6 Å². The second kappa shape index (κ2) is 6.59. The van der Waals surface area contributed by atoms with Gasteiger partial charge in [-0.15, -0.1) is 0 Å². The van der Waals surface area contributed by atoms with Crippen LogP contribution in [0.4, 0.5) is 0 Å². The number of pyridine rings is 1. The molecule has 0 aromatic carbocycles. The van der Waals surface area contributed by atoms with Gasteiger partial charge in [0.2, 0.25) is 0 Å². The van der Waals surface area contributed by atoms with E-state index in [-0.39, 0.29) is 23.8 Å². The Kier molecular flexibility index (Phi) is 4.51. The Morgan fingerprint density at radius 2 is 2.04 bits per heavy atom. The minimum absolute atomic E-state index is 0.0976. The molecule has 5 nitrogen and oxygen atoms in total. The molecule has 24 heavy (non-hydrogen) atoms. The monoisotopic (exact) mass is 326 g/mol. The topological polar surface area (TPSA) is 68.3 Å². The highest BCUT2D eigenvalue weighted by Crippen LogP contribution is 2.44. The van der Waals surface area contributed by atoms with E-state index in [1.54, 1.807) is 12.4 Å². The number of carbonyl (C=O) groups excluding carboxylic acids is 2. The van der Waals surface area contributed by atoms with Gasteiger partial charge in [-0.05, 0) is 44.4 Å². The van der Waals surface area contributed by atoms with Crippen molar-refractivity contribution in [3.05, 3.63) is 53.6 Å². The van der Waals surface area contributed by atoms with Gasteiger partial charge >= 0.3 is 5.97 Å². The van der Waals surface area contributed by atoms with Crippen LogP contribution in [0.15, 0.2) is 48.1 Å². The number of Topliss-reactive ketones (excluding diaryl/α,β-unsaturated/α-hetero) is 1. The lowest BCUT2D eigenvalue weighted by atomic mass is 9.72. The number of nitrogens with one attached hydrogen (secondary N) is 1. The quantitative estimate of drug-likeness (QED) is 0.865. The Balaban J connectivity index is 2.10. The van der Waals surface area contributed by atoms with Gasteiger partial charge in [-0.2, -0.15) is 0 Å². The molecular weight excluding hydrogens is 304 g/mol. The fourth-order valence-electron chi connectivity index (χ4n) is 3.51. The van der Waals surface area contributed by atoms with Gasteiger partial charge in [-0.1, -0.05) is 6.58 Å². The lowest BCUT2D eigenvalue weighted by molar-refractivity contribution is -0.151. The SMILES string of the molecule is C=C1NC2=C(C(=O)CCC2)C(c2ccncc2)C1C(=O)OC(C)C. The molecule has 1 aliphatic heterocycles. The number of hydrogen-bond donors (Lipinski definition) is 1. The van der Waals surface area contributed by atoms with Crippen molar-refractivity contribution < 1.29 is 14.3 Å². The number of aromatic nitrogens is 1. The maximum Gasteiger partial charge on any atom is 0.316 e. The minimum Gasteiger partial charge on any atom is -0.462 e. The zero-order valence-corrected chi connectivity index (χ0v) is 14.0. The molecule has 0 amide bonds. The molecule has 0 fully saturated rings. The normalized spacial score (nSPS) is 23.8. The molecule has 3 rings (SSSR count). The van der Waals surface area contributed by atoms with Crippen molar-refractivity contribution in [2.75, 3.05) is 0 Å².